The van der Waals surface area contributed by atoms with E-state index in [1.54, 1.807) is 12.1 Å². The largest absolute Gasteiger partial charge is 0.488 e. The summed E-state index contributed by atoms with van der Waals surface area (Å²) < 4.78 is 6.57. The van der Waals surface area contributed by atoms with Crippen LogP contribution in [-0.4, -0.2) is 5.91 Å². The Kier molecular flexibility index (Phi) is 5.86. The Morgan fingerprint density at radius 3 is 2.16 bits per heavy atom. The minimum Gasteiger partial charge on any atom is -0.488 e. The molecule has 0 radical (unpaired) electrons. The van der Waals surface area contributed by atoms with Crippen molar-refractivity contribution in [3.05, 3.63) is 100 Å². The minimum absolute atomic E-state index is 0.112. The Hall–Kier alpha value is -2.59. The topological polar surface area (TPSA) is 38.3 Å². The van der Waals surface area contributed by atoms with Crippen LogP contribution in [0.5, 0.6) is 5.75 Å². The highest BCUT2D eigenvalue weighted by Gasteiger charge is 2.09. The van der Waals surface area contributed by atoms with Gasteiger partial charge in [-0.05, 0) is 45.3 Å². The van der Waals surface area contributed by atoms with E-state index in [-0.39, 0.29) is 5.91 Å². The SMILES string of the molecule is O=C(NCc1ccccc1)c1ccc(OCc2ccccc2)c(Br)c1. The summed E-state index contributed by atoms with van der Waals surface area (Å²) in [5.41, 5.74) is 2.76. The molecule has 0 aliphatic carbocycles. The number of benzene rings is 3. The summed E-state index contributed by atoms with van der Waals surface area (Å²) in [5.74, 6) is 0.600. The van der Waals surface area contributed by atoms with Crippen LogP contribution in [0.1, 0.15) is 21.5 Å². The monoisotopic (exact) mass is 395 g/mol. The average molecular weight is 396 g/mol. The highest BCUT2D eigenvalue weighted by atomic mass is 79.9. The van der Waals surface area contributed by atoms with Crippen molar-refractivity contribution in [2.24, 2.45) is 0 Å². The number of amides is 1. The highest BCUT2D eigenvalue weighted by Crippen LogP contribution is 2.27. The number of rotatable bonds is 6. The van der Waals surface area contributed by atoms with Crippen LogP contribution < -0.4 is 10.1 Å². The van der Waals surface area contributed by atoms with Crippen LogP contribution >= 0.6 is 15.9 Å². The number of hydrogen-bond donors (Lipinski definition) is 1. The Bertz CT molecular complexity index is 835. The molecule has 0 spiro atoms. The lowest BCUT2D eigenvalue weighted by Crippen LogP contribution is -2.22. The molecule has 0 atom stereocenters. The second kappa shape index (κ2) is 8.49. The van der Waals surface area contributed by atoms with Crippen molar-refractivity contribution in [2.45, 2.75) is 13.2 Å². The quantitative estimate of drug-likeness (QED) is 0.640. The molecule has 0 saturated heterocycles. The van der Waals surface area contributed by atoms with E-state index in [1.807, 2.05) is 66.7 Å². The van der Waals surface area contributed by atoms with E-state index in [0.717, 1.165) is 15.6 Å². The molecule has 3 aromatic rings. The molecule has 0 fully saturated rings. The predicted molar refractivity (Wildman–Crippen MR) is 103 cm³/mol. The third kappa shape index (κ3) is 4.94. The molecule has 0 bridgehead atoms. The molecular formula is C21H18BrNO2. The second-order valence-electron chi connectivity index (χ2n) is 5.59. The number of ether oxygens (including phenoxy) is 1. The first-order chi connectivity index (χ1) is 12.2. The molecule has 126 valence electrons. The fourth-order valence-electron chi connectivity index (χ4n) is 2.37. The van der Waals surface area contributed by atoms with Crippen LogP contribution in [0.2, 0.25) is 0 Å². The van der Waals surface area contributed by atoms with E-state index >= 15 is 0 Å². The zero-order chi connectivity index (χ0) is 17.5. The van der Waals surface area contributed by atoms with Crippen molar-refractivity contribution in [3.63, 3.8) is 0 Å². The van der Waals surface area contributed by atoms with Gasteiger partial charge in [-0.25, -0.2) is 0 Å². The summed E-state index contributed by atoms with van der Waals surface area (Å²) in [5, 5.41) is 2.92. The summed E-state index contributed by atoms with van der Waals surface area (Å²) in [4.78, 5) is 12.3. The lowest BCUT2D eigenvalue weighted by molar-refractivity contribution is 0.0951. The highest BCUT2D eigenvalue weighted by molar-refractivity contribution is 9.10. The maximum absolute atomic E-state index is 12.3. The van der Waals surface area contributed by atoms with Crippen molar-refractivity contribution in [1.82, 2.24) is 5.32 Å². The van der Waals surface area contributed by atoms with Crippen molar-refractivity contribution in [2.75, 3.05) is 0 Å². The summed E-state index contributed by atoms with van der Waals surface area (Å²) in [6, 6.07) is 25.1. The number of carbonyl (C=O) groups is 1. The Labute approximate surface area is 155 Å². The first-order valence-corrected chi connectivity index (χ1v) is 8.80. The Balaban J connectivity index is 1.60. The molecule has 3 nitrogen and oxygen atoms in total. The van der Waals surface area contributed by atoms with Gasteiger partial charge in [-0.1, -0.05) is 60.7 Å². The van der Waals surface area contributed by atoms with Gasteiger partial charge in [0.1, 0.15) is 12.4 Å². The van der Waals surface area contributed by atoms with E-state index in [1.165, 1.54) is 0 Å². The van der Waals surface area contributed by atoms with Gasteiger partial charge in [0.05, 0.1) is 4.47 Å². The van der Waals surface area contributed by atoms with Crippen LogP contribution in [0.4, 0.5) is 0 Å². The number of nitrogens with one attached hydrogen (secondary N) is 1. The molecule has 0 aliphatic heterocycles. The third-order valence-corrected chi connectivity index (χ3v) is 4.35. The molecular weight excluding hydrogens is 378 g/mol. The van der Waals surface area contributed by atoms with Crippen LogP contribution in [0, 0.1) is 0 Å². The molecule has 25 heavy (non-hydrogen) atoms. The van der Waals surface area contributed by atoms with Crippen LogP contribution in [-0.2, 0) is 13.2 Å². The van der Waals surface area contributed by atoms with Gasteiger partial charge in [-0.3, -0.25) is 4.79 Å². The van der Waals surface area contributed by atoms with Gasteiger partial charge in [-0.2, -0.15) is 0 Å². The standard InChI is InChI=1S/C21H18BrNO2/c22-19-13-18(21(24)23-14-16-7-3-1-4-8-16)11-12-20(19)25-15-17-9-5-2-6-10-17/h1-13H,14-15H2,(H,23,24). The fraction of sp³-hybridized carbons (Fsp3) is 0.0952. The van der Waals surface area contributed by atoms with Crippen molar-refractivity contribution < 1.29 is 9.53 Å². The number of halogens is 1. The third-order valence-electron chi connectivity index (χ3n) is 3.73. The van der Waals surface area contributed by atoms with Crippen LogP contribution in [0.25, 0.3) is 0 Å². The van der Waals surface area contributed by atoms with Gasteiger partial charge in [0.15, 0.2) is 0 Å². The lowest BCUT2D eigenvalue weighted by atomic mass is 10.2. The van der Waals surface area contributed by atoms with E-state index < -0.39 is 0 Å². The summed E-state index contributed by atoms with van der Waals surface area (Å²) in [7, 11) is 0. The van der Waals surface area contributed by atoms with Gasteiger partial charge < -0.3 is 10.1 Å². The van der Waals surface area contributed by atoms with Crippen LogP contribution in [0.3, 0.4) is 0 Å². The van der Waals surface area contributed by atoms with Gasteiger partial charge in [0.2, 0.25) is 0 Å². The first-order valence-electron chi connectivity index (χ1n) is 8.01. The van der Waals surface area contributed by atoms with E-state index in [9.17, 15) is 4.79 Å². The summed E-state index contributed by atoms with van der Waals surface area (Å²) in [6.07, 6.45) is 0. The smallest absolute Gasteiger partial charge is 0.251 e. The molecule has 0 aliphatic rings. The first kappa shape index (κ1) is 17.2. The molecule has 0 saturated carbocycles. The predicted octanol–water partition coefficient (Wildman–Crippen LogP) is 4.96. The molecule has 3 aromatic carbocycles. The molecule has 0 heterocycles. The van der Waals surface area contributed by atoms with Crippen LogP contribution in [0.15, 0.2) is 83.3 Å². The summed E-state index contributed by atoms with van der Waals surface area (Å²) >= 11 is 3.48. The molecule has 3 rings (SSSR count). The fourth-order valence-corrected chi connectivity index (χ4v) is 2.87. The molecule has 4 heteroatoms. The zero-order valence-corrected chi connectivity index (χ0v) is 15.2. The second-order valence-corrected chi connectivity index (χ2v) is 6.44. The molecule has 1 N–H and O–H groups in total. The van der Waals surface area contributed by atoms with Gasteiger partial charge in [0.25, 0.3) is 5.91 Å². The zero-order valence-electron chi connectivity index (χ0n) is 13.6. The molecule has 0 aromatic heterocycles. The maximum Gasteiger partial charge on any atom is 0.251 e. The van der Waals surface area contributed by atoms with Crippen molar-refractivity contribution >= 4 is 21.8 Å². The lowest BCUT2D eigenvalue weighted by Gasteiger charge is -2.10. The number of carbonyl (C=O) groups excluding carboxylic acids is 1. The minimum atomic E-state index is -0.112. The van der Waals surface area contributed by atoms with E-state index in [4.69, 9.17) is 4.74 Å². The van der Waals surface area contributed by atoms with E-state index in [0.29, 0.717) is 24.5 Å². The molecule has 1 amide bonds. The average Bonchev–Trinajstić information content (AvgIpc) is 2.66. The Morgan fingerprint density at radius 2 is 1.52 bits per heavy atom. The molecule has 0 unspecified atom stereocenters. The van der Waals surface area contributed by atoms with Gasteiger partial charge in [0, 0.05) is 12.1 Å². The van der Waals surface area contributed by atoms with Crippen molar-refractivity contribution in [3.8, 4) is 5.75 Å². The number of hydrogen-bond acceptors (Lipinski definition) is 2. The van der Waals surface area contributed by atoms with E-state index in [2.05, 4.69) is 21.2 Å². The maximum atomic E-state index is 12.3. The summed E-state index contributed by atoms with van der Waals surface area (Å²) in [6.45, 7) is 0.989. The van der Waals surface area contributed by atoms with Gasteiger partial charge in [-0.15, -0.1) is 0 Å². The Morgan fingerprint density at radius 1 is 0.880 bits per heavy atom. The van der Waals surface area contributed by atoms with Crippen molar-refractivity contribution in [1.29, 1.82) is 0 Å². The normalized spacial score (nSPS) is 10.3. The van der Waals surface area contributed by atoms with Gasteiger partial charge >= 0.3 is 0 Å².